The Bertz CT molecular complexity index is 552. The van der Waals surface area contributed by atoms with Gasteiger partial charge in [-0.2, -0.15) is 0 Å². The second-order valence-corrected chi connectivity index (χ2v) is 7.77. The highest BCUT2D eigenvalue weighted by atomic mass is 16.5. The Balaban J connectivity index is 1.68. The van der Waals surface area contributed by atoms with Gasteiger partial charge in [-0.05, 0) is 85.0 Å². The summed E-state index contributed by atoms with van der Waals surface area (Å²) < 4.78 is 5.38. The highest BCUT2D eigenvalue weighted by Gasteiger charge is 2.52. The van der Waals surface area contributed by atoms with Gasteiger partial charge in [0.05, 0.1) is 13.2 Å². The third kappa shape index (κ3) is 2.03. The molecule has 2 nitrogen and oxygen atoms in total. The van der Waals surface area contributed by atoms with Crippen LogP contribution in [0.2, 0.25) is 0 Å². The predicted octanol–water partition coefficient (Wildman–Crippen LogP) is 3.91. The molecule has 0 spiro atoms. The average molecular weight is 286 g/mol. The van der Waals surface area contributed by atoms with Crippen LogP contribution in [-0.2, 0) is 6.42 Å². The number of aliphatic hydroxyl groups is 1. The van der Waals surface area contributed by atoms with Crippen molar-refractivity contribution in [2.75, 3.05) is 7.11 Å². The second kappa shape index (κ2) is 4.74. The number of fused-ring (bicyclic) bond motifs is 5. The van der Waals surface area contributed by atoms with Crippen molar-refractivity contribution < 1.29 is 9.84 Å². The van der Waals surface area contributed by atoms with Crippen molar-refractivity contribution >= 4 is 0 Å². The number of hydrogen-bond acceptors (Lipinski definition) is 2. The lowest BCUT2D eigenvalue weighted by molar-refractivity contribution is 0.0596. The molecule has 4 rings (SSSR count). The third-order valence-electron chi connectivity index (χ3n) is 6.68. The van der Waals surface area contributed by atoms with Crippen molar-refractivity contribution in [1.82, 2.24) is 0 Å². The van der Waals surface area contributed by atoms with Crippen molar-refractivity contribution in [1.29, 1.82) is 0 Å². The van der Waals surface area contributed by atoms with Crippen molar-refractivity contribution in [3.05, 3.63) is 29.3 Å². The van der Waals surface area contributed by atoms with E-state index >= 15 is 0 Å². The molecule has 5 atom stereocenters. The van der Waals surface area contributed by atoms with E-state index in [4.69, 9.17) is 4.74 Å². The molecule has 0 radical (unpaired) electrons. The van der Waals surface area contributed by atoms with Crippen LogP contribution in [0.15, 0.2) is 18.2 Å². The van der Waals surface area contributed by atoms with Crippen LogP contribution in [0.25, 0.3) is 0 Å². The van der Waals surface area contributed by atoms with Crippen LogP contribution < -0.4 is 4.74 Å². The molecule has 2 saturated carbocycles. The highest BCUT2D eigenvalue weighted by Crippen LogP contribution is 2.60. The van der Waals surface area contributed by atoms with Crippen molar-refractivity contribution in [3.63, 3.8) is 0 Å². The monoisotopic (exact) mass is 286 g/mol. The first kappa shape index (κ1) is 13.6. The maximum absolute atomic E-state index is 10.2. The Labute approximate surface area is 127 Å². The van der Waals surface area contributed by atoms with Gasteiger partial charge in [0.25, 0.3) is 0 Å². The molecular weight excluding hydrogens is 260 g/mol. The van der Waals surface area contributed by atoms with Gasteiger partial charge in [0.1, 0.15) is 5.75 Å². The number of benzene rings is 1. The summed E-state index contributed by atoms with van der Waals surface area (Å²) in [5, 5.41) is 10.2. The Hall–Kier alpha value is -1.02. The summed E-state index contributed by atoms with van der Waals surface area (Å²) in [7, 11) is 1.75. The summed E-state index contributed by atoms with van der Waals surface area (Å²) in [6.07, 6.45) is 7.04. The topological polar surface area (TPSA) is 29.5 Å². The van der Waals surface area contributed by atoms with Crippen LogP contribution in [-0.4, -0.2) is 18.3 Å². The lowest BCUT2D eigenvalue weighted by Crippen LogP contribution is -2.39. The molecule has 2 heteroatoms. The van der Waals surface area contributed by atoms with Gasteiger partial charge in [-0.15, -0.1) is 0 Å². The molecule has 3 aliphatic rings. The van der Waals surface area contributed by atoms with E-state index in [-0.39, 0.29) is 6.10 Å². The van der Waals surface area contributed by atoms with Crippen LogP contribution in [0.1, 0.15) is 56.1 Å². The molecule has 2 fully saturated rings. The standard InChI is InChI=1S/C19H26O2/c1-19-8-7-16-15-6-4-14(21-2)9-12(15)3-5-17(16)18(19)10-13(20)11-19/h4,6,9,13,16-18,20H,3,5,7-8,10-11H2,1-2H3/t13-,16+,17+,18+,19-/m0/s1. The molecule has 0 heterocycles. The summed E-state index contributed by atoms with van der Waals surface area (Å²) in [5.74, 6) is 3.20. The molecule has 1 aromatic carbocycles. The van der Waals surface area contributed by atoms with Gasteiger partial charge in [-0.25, -0.2) is 0 Å². The van der Waals surface area contributed by atoms with E-state index in [1.54, 1.807) is 12.7 Å². The second-order valence-electron chi connectivity index (χ2n) is 7.77. The molecule has 0 bridgehead atoms. The SMILES string of the molecule is COc1ccc2c(c1)CC[C@@H]1[C@@H]2CC[C@@]2(C)C[C@@H](O)C[C@H]12. The van der Waals surface area contributed by atoms with Gasteiger partial charge >= 0.3 is 0 Å². The Morgan fingerprint density at radius 1 is 1.29 bits per heavy atom. The number of aryl methyl sites for hydroxylation is 1. The van der Waals surface area contributed by atoms with Crippen LogP contribution in [0.4, 0.5) is 0 Å². The van der Waals surface area contributed by atoms with E-state index in [9.17, 15) is 5.11 Å². The van der Waals surface area contributed by atoms with Gasteiger partial charge in [-0.1, -0.05) is 13.0 Å². The third-order valence-corrected chi connectivity index (χ3v) is 6.68. The zero-order chi connectivity index (χ0) is 14.6. The minimum atomic E-state index is -0.0592. The normalized spacial score (nSPS) is 41.1. The van der Waals surface area contributed by atoms with Gasteiger partial charge < -0.3 is 9.84 Å². The van der Waals surface area contributed by atoms with E-state index < -0.39 is 0 Å². The minimum absolute atomic E-state index is 0.0592. The van der Waals surface area contributed by atoms with Gasteiger partial charge in [0.15, 0.2) is 0 Å². The van der Waals surface area contributed by atoms with Crippen LogP contribution >= 0.6 is 0 Å². The molecule has 1 aromatic rings. The molecule has 114 valence electrons. The maximum atomic E-state index is 10.2. The minimum Gasteiger partial charge on any atom is -0.497 e. The fourth-order valence-corrected chi connectivity index (χ4v) is 5.71. The first-order valence-electron chi connectivity index (χ1n) is 8.45. The van der Waals surface area contributed by atoms with E-state index in [2.05, 4.69) is 25.1 Å². The first-order chi connectivity index (χ1) is 10.1. The Morgan fingerprint density at radius 2 is 2.14 bits per heavy atom. The van der Waals surface area contributed by atoms with E-state index in [0.29, 0.717) is 11.3 Å². The molecule has 1 N–H and O–H groups in total. The van der Waals surface area contributed by atoms with Gasteiger partial charge in [-0.3, -0.25) is 0 Å². The molecular formula is C19H26O2. The predicted molar refractivity (Wildman–Crippen MR) is 83.6 cm³/mol. The van der Waals surface area contributed by atoms with Gasteiger partial charge in [0, 0.05) is 0 Å². The highest BCUT2D eigenvalue weighted by molar-refractivity contribution is 5.40. The van der Waals surface area contributed by atoms with Crippen LogP contribution in [0.3, 0.4) is 0 Å². The number of ether oxygens (including phenoxy) is 1. The number of rotatable bonds is 1. The lowest BCUT2D eigenvalue weighted by atomic mass is 9.56. The summed E-state index contributed by atoms with van der Waals surface area (Å²) in [6.45, 7) is 2.42. The van der Waals surface area contributed by atoms with Crippen molar-refractivity contribution in [3.8, 4) is 5.75 Å². The van der Waals surface area contributed by atoms with Crippen LogP contribution in [0, 0.1) is 17.3 Å². The Morgan fingerprint density at radius 3 is 2.95 bits per heavy atom. The molecule has 0 aliphatic heterocycles. The summed E-state index contributed by atoms with van der Waals surface area (Å²) in [4.78, 5) is 0. The summed E-state index contributed by atoms with van der Waals surface area (Å²) in [6, 6.07) is 6.67. The first-order valence-corrected chi connectivity index (χ1v) is 8.45. The fourth-order valence-electron chi connectivity index (χ4n) is 5.71. The molecule has 0 saturated heterocycles. The molecule has 3 aliphatic carbocycles. The number of methoxy groups -OCH3 is 1. The van der Waals surface area contributed by atoms with Gasteiger partial charge in [0.2, 0.25) is 0 Å². The van der Waals surface area contributed by atoms with E-state index in [1.165, 1.54) is 31.2 Å². The number of aliphatic hydroxyl groups excluding tert-OH is 1. The summed E-state index contributed by atoms with van der Waals surface area (Å²) in [5.41, 5.74) is 3.46. The van der Waals surface area contributed by atoms with Crippen molar-refractivity contribution in [2.24, 2.45) is 17.3 Å². The molecule has 0 unspecified atom stereocenters. The zero-order valence-electron chi connectivity index (χ0n) is 13.1. The Kier molecular flexibility index (Phi) is 3.08. The van der Waals surface area contributed by atoms with E-state index in [0.717, 1.165) is 30.4 Å². The largest absolute Gasteiger partial charge is 0.497 e. The number of hydrogen-bond donors (Lipinski definition) is 1. The molecule has 21 heavy (non-hydrogen) atoms. The molecule has 0 aromatic heterocycles. The average Bonchev–Trinajstić information content (AvgIpc) is 2.80. The molecule has 0 amide bonds. The quantitative estimate of drug-likeness (QED) is 0.848. The van der Waals surface area contributed by atoms with E-state index in [1.807, 2.05) is 0 Å². The zero-order valence-corrected chi connectivity index (χ0v) is 13.1. The maximum Gasteiger partial charge on any atom is 0.119 e. The fraction of sp³-hybridized carbons (Fsp3) is 0.684. The summed E-state index contributed by atoms with van der Waals surface area (Å²) >= 11 is 0. The lowest BCUT2D eigenvalue weighted by Gasteiger charge is -2.49. The smallest absolute Gasteiger partial charge is 0.119 e. The van der Waals surface area contributed by atoms with Crippen molar-refractivity contribution in [2.45, 2.75) is 57.5 Å². The van der Waals surface area contributed by atoms with Crippen LogP contribution in [0.5, 0.6) is 5.75 Å².